The molecule has 118 valence electrons. The van der Waals surface area contributed by atoms with Crippen molar-refractivity contribution in [2.75, 3.05) is 19.8 Å². The molecule has 0 atom stereocenters. The smallest absolute Gasteiger partial charge is 0.322 e. The van der Waals surface area contributed by atoms with Crippen molar-refractivity contribution in [3.63, 3.8) is 0 Å². The number of rotatable bonds is 10. The molecule has 0 radical (unpaired) electrons. The highest BCUT2D eigenvalue weighted by Crippen LogP contribution is 2.19. The van der Waals surface area contributed by atoms with Crippen molar-refractivity contribution in [3.05, 3.63) is 0 Å². The van der Waals surface area contributed by atoms with E-state index >= 15 is 0 Å². The SMILES string of the molecule is CCOC(C)(C)CCOC(C)(C)CC(=O)NCC(=O)O. The molecule has 6 nitrogen and oxygen atoms in total. The van der Waals surface area contributed by atoms with E-state index < -0.39 is 11.6 Å². The Morgan fingerprint density at radius 1 is 1.10 bits per heavy atom. The van der Waals surface area contributed by atoms with Gasteiger partial charge in [0, 0.05) is 6.61 Å². The number of carbonyl (C=O) groups is 2. The number of carboxylic acids is 1. The van der Waals surface area contributed by atoms with Crippen LogP contribution < -0.4 is 5.32 Å². The van der Waals surface area contributed by atoms with Crippen molar-refractivity contribution in [2.45, 2.75) is 58.7 Å². The first-order valence-corrected chi connectivity index (χ1v) is 6.84. The summed E-state index contributed by atoms with van der Waals surface area (Å²) in [5.41, 5.74) is -0.888. The van der Waals surface area contributed by atoms with Gasteiger partial charge in [0.2, 0.25) is 5.91 Å². The summed E-state index contributed by atoms with van der Waals surface area (Å²) in [7, 11) is 0. The largest absolute Gasteiger partial charge is 0.480 e. The Morgan fingerprint density at radius 2 is 1.70 bits per heavy atom. The zero-order valence-corrected chi connectivity index (χ0v) is 13.1. The van der Waals surface area contributed by atoms with Crippen molar-refractivity contribution >= 4 is 11.9 Å². The molecule has 0 aliphatic carbocycles. The lowest BCUT2D eigenvalue weighted by Gasteiger charge is -2.29. The van der Waals surface area contributed by atoms with E-state index in [1.54, 1.807) is 13.8 Å². The van der Waals surface area contributed by atoms with Crippen LogP contribution in [0, 0.1) is 0 Å². The maximum atomic E-state index is 11.5. The molecule has 0 aromatic carbocycles. The van der Waals surface area contributed by atoms with Crippen LogP contribution in [0.25, 0.3) is 0 Å². The van der Waals surface area contributed by atoms with Crippen LogP contribution in [0.15, 0.2) is 0 Å². The highest BCUT2D eigenvalue weighted by molar-refractivity contribution is 5.81. The Bertz CT molecular complexity index is 326. The molecule has 0 rings (SSSR count). The van der Waals surface area contributed by atoms with Crippen LogP contribution in [-0.2, 0) is 19.1 Å². The predicted octanol–water partition coefficient (Wildman–Crippen LogP) is 1.58. The molecule has 0 saturated heterocycles. The quantitative estimate of drug-likeness (QED) is 0.638. The van der Waals surface area contributed by atoms with Gasteiger partial charge in [-0.05, 0) is 41.0 Å². The first-order chi connectivity index (χ1) is 9.08. The van der Waals surface area contributed by atoms with E-state index in [0.717, 1.165) is 6.42 Å². The van der Waals surface area contributed by atoms with E-state index in [1.165, 1.54) is 0 Å². The van der Waals surface area contributed by atoms with E-state index in [-0.39, 0.29) is 24.5 Å². The monoisotopic (exact) mass is 289 g/mol. The van der Waals surface area contributed by atoms with Gasteiger partial charge in [-0.2, -0.15) is 0 Å². The lowest BCUT2D eigenvalue weighted by Crippen LogP contribution is -2.37. The molecule has 0 aliphatic heterocycles. The average molecular weight is 289 g/mol. The molecule has 0 aromatic rings. The van der Waals surface area contributed by atoms with Crippen LogP contribution in [0.5, 0.6) is 0 Å². The summed E-state index contributed by atoms with van der Waals surface area (Å²) >= 11 is 0. The van der Waals surface area contributed by atoms with Gasteiger partial charge < -0.3 is 19.9 Å². The molecule has 0 fully saturated rings. The third kappa shape index (κ3) is 9.75. The summed E-state index contributed by atoms with van der Waals surface area (Å²) in [6.07, 6.45) is 0.844. The van der Waals surface area contributed by atoms with Crippen LogP contribution in [0.2, 0.25) is 0 Å². The third-order valence-corrected chi connectivity index (χ3v) is 2.76. The van der Waals surface area contributed by atoms with Crippen molar-refractivity contribution in [1.29, 1.82) is 0 Å². The Balaban J connectivity index is 4.06. The molecule has 0 saturated carbocycles. The van der Waals surface area contributed by atoms with Crippen LogP contribution in [0.4, 0.5) is 0 Å². The number of ether oxygens (including phenoxy) is 2. The van der Waals surface area contributed by atoms with E-state index in [1.807, 2.05) is 20.8 Å². The number of carboxylic acid groups (broad SMARTS) is 1. The number of carbonyl (C=O) groups excluding carboxylic acids is 1. The molecule has 6 heteroatoms. The zero-order chi connectivity index (χ0) is 15.8. The van der Waals surface area contributed by atoms with Crippen LogP contribution in [0.1, 0.15) is 47.5 Å². The summed E-state index contributed by atoms with van der Waals surface area (Å²) < 4.78 is 11.3. The summed E-state index contributed by atoms with van der Waals surface area (Å²) in [5, 5.41) is 10.8. The summed E-state index contributed by atoms with van der Waals surface area (Å²) in [5.74, 6) is -1.39. The van der Waals surface area contributed by atoms with Crippen molar-refractivity contribution < 1.29 is 24.2 Å². The maximum absolute atomic E-state index is 11.5. The molecule has 0 aromatic heterocycles. The van der Waals surface area contributed by atoms with E-state index in [0.29, 0.717) is 13.2 Å². The second kappa shape index (κ2) is 8.21. The second-order valence-corrected chi connectivity index (χ2v) is 5.90. The van der Waals surface area contributed by atoms with E-state index in [4.69, 9.17) is 14.6 Å². The van der Waals surface area contributed by atoms with Gasteiger partial charge in [-0.3, -0.25) is 9.59 Å². The van der Waals surface area contributed by atoms with Gasteiger partial charge >= 0.3 is 5.97 Å². The number of hydrogen-bond donors (Lipinski definition) is 2. The molecule has 0 aliphatic rings. The number of hydrogen-bond acceptors (Lipinski definition) is 4. The zero-order valence-electron chi connectivity index (χ0n) is 13.1. The normalized spacial score (nSPS) is 12.2. The fourth-order valence-corrected chi connectivity index (χ4v) is 1.71. The van der Waals surface area contributed by atoms with E-state index in [9.17, 15) is 9.59 Å². The van der Waals surface area contributed by atoms with Gasteiger partial charge in [0.25, 0.3) is 0 Å². The highest BCUT2D eigenvalue weighted by Gasteiger charge is 2.25. The summed E-state index contributed by atoms with van der Waals surface area (Å²) in [6.45, 7) is 10.3. The molecule has 20 heavy (non-hydrogen) atoms. The van der Waals surface area contributed by atoms with Gasteiger partial charge in [-0.15, -0.1) is 0 Å². The molecule has 0 unspecified atom stereocenters. The maximum Gasteiger partial charge on any atom is 0.322 e. The third-order valence-electron chi connectivity index (χ3n) is 2.76. The first kappa shape index (κ1) is 18.9. The lowest BCUT2D eigenvalue weighted by atomic mass is 10.0. The predicted molar refractivity (Wildman–Crippen MR) is 75.6 cm³/mol. The van der Waals surface area contributed by atoms with Crippen LogP contribution in [0.3, 0.4) is 0 Å². The Hall–Kier alpha value is -1.14. The van der Waals surface area contributed by atoms with Gasteiger partial charge in [-0.25, -0.2) is 0 Å². The summed E-state index contributed by atoms with van der Waals surface area (Å²) in [6, 6.07) is 0. The molecular weight excluding hydrogens is 262 g/mol. The minimum Gasteiger partial charge on any atom is -0.480 e. The molecule has 0 bridgehead atoms. The standard InChI is InChI=1S/C14H27NO5/c1-6-19-13(2,3)7-8-20-14(4,5)9-11(16)15-10-12(17)18/h6-10H2,1-5H3,(H,15,16)(H,17,18). The average Bonchev–Trinajstić information content (AvgIpc) is 2.24. The molecule has 0 spiro atoms. The fourth-order valence-electron chi connectivity index (χ4n) is 1.71. The van der Waals surface area contributed by atoms with Gasteiger partial charge in [0.15, 0.2) is 0 Å². The lowest BCUT2D eigenvalue weighted by molar-refractivity contribution is -0.139. The van der Waals surface area contributed by atoms with Gasteiger partial charge in [-0.1, -0.05) is 0 Å². The van der Waals surface area contributed by atoms with Crippen molar-refractivity contribution in [3.8, 4) is 0 Å². The van der Waals surface area contributed by atoms with Gasteiger partial charge in [0.05, 0.1) is 24.2 Å². The Labute approximate surface area is 120 Å². The Kier molecular flexibility index (Phi) is 7.75. The van der Waals surface area contributed by atoms with Gasteiger partial charge in [0.1, 0.15) is 6.54 Å². The molecule has 2 N–H and O–H groups in total. The molecular formula is C14H27NO5. The first-order valence-electron chi connectivity index (χ1n) is 6.84. The number of aliphatic carboxylic acids is 1. The van der Waals surface area contributed by atoms with Crippen LogP contribution in [-0.4, -0.2) is 47.9 Å². The van der Waals surface area contributed by atoms with Crippen LogP contribution >= 0.6 is 0 Å². The summed E-state index contributed by atoms with van der Waals surface area (Å²) in [4.78, 5) is 21.9. The fraction of sp³-hybridized carbons (Fsp3) is 0.857. The highest BCUT2D eigenvalue weighted by atomic mass is 16.5. The minimum atomic E-state index is -1.06. The minimum absolute atomic E-state index is 0.120. The molecule has 0 heterocycles. The topological polar surface area (TPSA) is 84.9 Å². The molecule has 1 amide bonds. The van der Waals surface area contributed by atoms with E-state index in [2.05, 4.69) is 5.32 Å². The van der Waals surface area contributed by atoms with Crippen molar-refractivity contribution in [1.82, 2.24) is 5.32 Å². The van der Waals surface area contributed by atoms with Crippen molar-refractivity contribution in [2.24, 2.45) is 0 Å². The Morgan fingerprint density at radius 3 is 2.20 bits per heavy atom. The second-order valence-electron chi connectivity index (χ2n) is 5.90. The number of amides is 1. The number of nitrogens with one attached hydrogen (secondary N) is 1.